The zero-order valence-corrected chi connectivity index (χ0v) is 12.7. The summed E-state index contributed by atoms with van der Waals surface area (Å²) in [6, 6.07) is -0.248. The number of rotatable bonds is 3. The lowest BCUT2D eigenvalue weighted by atomic mass is 10.3. The molecular weight excluding hydrogens is 296 g/mol. The maximum absolute atomic E-state index is 12.2. The summed E-state index contributed by atoms with van der Waals surface area (Å²) in [6.45, 7) is 5.11. The van der Waals surface area contributed by atoms with Crippen LogP contribution in [0, 0.1) is 6.92 Å². The van der Waals surface area contributed by atoms with E-state index in [1.54, 1.807) is 0 Å². The largest absolute Gasteiger partial charge is 0.375 e. The molecule has 2 aromatic rings. The number of anilines is 2. The molecule has 1 unspecified atom stereocenters. The number of nitrogens with two attached hydrogens (primary N) is 1. The maximum Gasteiger partial charge on any atom is 0.243 e. The normalized spacial score (nSPS) is 16.1. The second-order valence-corrected chi connectivity index (χ2v) is 6.92. The van der Waals surface area contributed by atoms with E-state index in [9.17, 15) is 4.79 Å². The number of carbonyl (C=O) groups excluding carboxylic acids is 1. The van der Waals surface area contributed by atoms with Crippen molar-refractivity contribution in [2.75, 3.05) is 11.1 Å². The zero-order chi connectivity index (χ0) is 14.3. The lowest BCUT2D eigenvalue weighted by Gasteiger charge is -2.21. The van der Waals surface area contributed by atoms with Crippen molar-refractivity contribution < 1.29 is 4.79 Å². The van der Waals surface area contributed by atoms with Crippen LogP contribution in [0.25, 0.3) is 0 Å². The first-order valence-electron chi connectivity index (χ1n) is 6.12. The molecule has 0 spiro atoms. The van der Waals surface area contributed by atoms with E-state index in [1.807, 2.05) is 13.8 Å². The summed E-state index contributed by atoms with van der Waals surface area (Å²) in [5.41, 5.74) is 6.66. The summed E-state index contributed by atoms with van der Waals surface area (Å²) in [5, 5.41) is 12.5. The molecule has 0 saturated carbocycles. The standard InChI is InChI=1S/C11H14N6OS2/c1-5(9(18)14-11-16-15-6(2)19-11)17-3-7-8(4-17)20-10(12)13-7/h5H,3-4H2,1-2H3,(H2,12,13)(H,14,16,18). The Balaban J connectivity index is 1.63. The van der Waals surface area contributed by atoms with Crippen LogP contribution in [-0.2, 0) is 17.9 Å². The fourth-order valence-corrected chi connectivity index (χ4v) is 3.54. The number of aryl methyl sites for hydroxylation is 1. The molecule has 0 fully saturated rings. The highest BCUT2D eigenvalue weighted by Gasteiger charge is 2.30. The fourth-order valence-electron chi connectivity index (χ4n) is 2.08. The van der Waals surface area contributed by atoms with Crippen molar-refractivity contribution in [1.82, 2.24) is 20.1 Å². The molecule has 1 atom stereocenters. The molecule has 106 valence electrons. The molecule has 3 rings (SSSR count). The van der Waals surface area contributed by atoms with Gasteiger partial charge in [0.15, 0.2) is 5.13 Å². The average molecular weight is 310 g/mol. The van der Waals surface area contributed by atoms with Crippen molar-refractivity contribution in [2.45, 2.75) is 33.0 Å². The molecule has 9 heteroatoms. The summed E-state index contributed by atoms with van der Waals surface area (Å²) in [5.74, 6) is -0.0794. The Labute approximate surface area is 123 Å². The summed E-state index contributed by atoms with van der Waals surface area (Å²) in [6.07, 6.45) is 0. The van der Waals surface area contributed by atoms with Gasteiger partial charge in [0.05, 0.1) is 11.7 Å². The van der Waals surface area contributed by atoms with E-state index in [-0.39, 0.29) is 11.9 Å². The van der Waals surface area contributed by atoms with Crippen molar-refractivity contribution in [3.05, 3.63) is 15.6 Å². The quantitative estimate of drug-likeness (QED) is 0.885. The minimum absolute atomic E-state index is 0.0794. The topological polar surface area (TPSA) is 97.0 Å². The Bertz CT molecular complexity index is 628. The number of amides is 1. The Morgan fingerprint density at radius 3 is 2.85 bits per heavy atom. The molecule has 0 aromatic carbocycles. The van der Waals surface area contributed by atoms with Gasteiger partial charge in [-0.25, -0.2) is 4.98 Å². The third-order valence-corrected chi connectivity index (χ3v) is 4.84. The first-order valence-corrected chi connectivity index (χ1v) is 7.75. The van der Waals surface area contributed by atoms with Crippen LogP contribution in [0.3, 0.4) is 0 Å². The number of aromatic nitrogens is 3. The lowest BCUT2D eigenvalue weighted by Crippen LogP contribution is -2.38. The SMILES string of the molecule is Cc1nnc(NC(=O)C(C)N2Cc3nc(N)sc3C2)s1. The molecule has 1 aliphatic heterocycles. The first-order chi connectivity index (χ1) is 9.52. The second kappa shape index (κ2) is 5.08. The molecule has 1 amide bonds. The molecule has 7 nitrogen and oxygen atoms in total. The van der Waals surface area contributed by atoms with E-state index < -0.39 is 0 Å². The Hall–Kier alpha value is -1.58. The number of hydrogen-bond donors (Lipinski definition) is 2. The Morgan fingerprint density at radius 1 is 1.40 bits per heavy atom. The van der Waals surface area contributed by atoms with Crippen LogP contribution in [0.1, 0.15) is 22.5 Å². The molecule has 0 bridgehead atoms. The van der Waals surface area contributed by atoms with Gasteiger partial charge in [0.1, 0.15) is 5.01 Å². The first kappa shape index (κ1) is 13.4. The van der Waals surface area contributed by atoms with Gasteiger partial charge in [-0.3, -0.25) is 15.0 Å². The van der Waals surface area contributed by atoms with Crippen molar-refractivity contribution in [1.29, 1.82) is 0 Å². The average Bonchev–Trinajstić information content (AvgIpc) is 3.03. The summed E-state index contributed by atoms with van der Waals surface area (Å²) in [7, 11) is 0. The summed E-state index contributed by atoms with van der Waals surface area (Å²) in [4.78, 5) is 19.7. The highest BCUT2D eigenvalue weighted by molar-refractivity contribution is 7.15. The summed E-state index contributed by atoms with van der Waals surface area (Å²) >= 11 is 2.86. The number of fused-ring (bicyclic) bond motifs is 1. The van der Waals surface area contributed by atoms with E-state index in [4.69, 9.17) is 5.73 Å². The van der Waals surface area contributed by atoms with Gasteiger partial charge in [-0.2, -0.15) is 0 Å². The van der Waals surface area contributed by atoms with E-state index >= 15 is 0 Å². The van der Waals surface area contributed by atoms with Crippen LogP contribution >= 0.6 is 22.7 Å². The highest BCUT2D eigenvalue weighted by Crippen LogP contribution is 2.30. The minimum Gasteiger partial charge on any atom is -0.375 e. The van der Waals surface area contributed by atoms with Crippen molar-refractivity contribution in [2.24, 2.45) is 0 Å². The second-order valence-electron chi connectivity index (χ2n) is 4.62. The van der Waals surface area contributed by atoms with Gasteiger partial charge >= 0.3 is 0 Å². The Morgan fingerprint density at radius 2 is 2.20 bits per heavy atom. The highest BCUT2D eigenvalue weighted by atomic mass is 32.1. The zero-order valence-electron chi connectivity index (χ0n) is 11.1. The van der Waals surface area contributed by atoms with Gasteiger partial charge in [0.25, 0.3) is 0 Å². The third-order valence-electron chi connectivity index (χ3n) is 3.18. The number of thiazole rings is 1. The molecule has 2 aromatic heterocycles. The van der Waals surface area contributed by atoms with Crippen LogP contribution in [-0.4, -0.2) is 32.0 Å². The van der Waals surface area contributed by atoms with Crippen LogP contribution in [0.15, 0.2) is 0 Å². The number of carbonyl (C=O) groups is 1. The number of nitrogen functional groups attached to an aromatic ring is 1. The van der Waals surface area contributed by atoms with E-state index in [1.165, 1.54) is 22.7 Å². The third kappa shape index (κ3) is 2.51. The van der Waals surface area contributed by atoms with Gasteiger partial charge in [0, 0.05) is 18.0 Å². The van der Waals surface area contributed by atoms with E-state index in [0.717, 1.165) is 15.6 Å². The van der Waals surface area contributed by atoms with Gasteiger partial charge in [-0.15, -0.1) is 21.5 Å². The molecule has 1 aliphatic rings. The van der Waals surface area contributed by atoms with E-state index in [0.29, 0.717) is 23.4 Å². The van der Waals surface area contributed by atoms with Crippen LogP contribution in [0.4, 0.5) is 10.3 Å². The van der Waals surface area contributed by atoms with Crippen molar-refractivity contribution in [3.63, 3.8) is 0 Å². The predicted octanol–water partition coefficient (Wildman–Crippen LogP) is 1.23. The molecule has 0 radical (unpaired) electrons. The molecule has 0 saturated heterocycles. The Kier molecular flexibility index (Phi) is 3.40. The maximum atomic E-state index is 12.2. The fraction of sp³-hybridized carbons (Fsp3) is 0.455. The van der Waals surface area contributed by atoms with Gasteiger partial charge in [0.2, 0.25) is 11.0 Å². The monoisotopic (exact) mass is 310 g/mol. The van der Waals surface area contributed by atoms with Gasteiger partial charge in [-0.05, 0) is 13.8 Å². The summed E-state index contributed by atoms with van der Waals surface area (Å²) < 4.78 is 0. The molecular formula is C11H14N6OS2. The van der Waals surface area contributed by atoms with Crippen molar-refractivity contribution in [3.8, 4) is 0 Å². The number of hydrogen-bond acceptors (Lipinski definition) is 8. The van der Waals surface area contributed by atoms with Gasteiger partial charge < -0.3 is 5.73 Å². The van der Waals surface area contributed by atoms with Crippen LogP contribution in [0.5, 0.6) is 0 Å². The molecule has 0 aliphatic carbocycles. The van der Waals surface area contributed by atoms with Crippen LogP contribution in [0.2, 0.25) is 0 Å². The molecule has 20 heavy (non-hydrogen) atoms. The van der Waals surface area contributed by atoms with Crippen LogP contribution < -0.4 is 11.1 Å². The van der Waals surface area contributed by atoms with E-state index in [2.05, 4.69) is 25.4 Å². The molecule has 3 N–H and O–H groups in total. The minimum atomic E-state index is -0.248. The van der Waals surface area contributed by atoms with Gasteiger partial charge in [-0.1, -0.05) is 11.3 Å². The number of nitrogens with one attached hydrogen (secondary N) is 1. The smallest absolute Gasteiger partial charge is 0.243 e. The lowest BCUT2D eigenvalue weighted by molar-refractivity contribution is -0.120. The predicted molar refractivity (Wildman–Crippen MR) is 78.5 cm³/mol. The molecule has 3 heterocycles. The van der Waals surface area contributed by atoms with Crippen molar-refractivity contribution >= 4 is 38.8 Å². The number of nitrogens with zero attached hydrogens (tertiary/aromatic N) is 4.